The van der Waals surface area contributed by atoms with Crippen molar-refractivity contribution in [2.24, 2.45) is 11.7 Å². The molecule has 1 aliphatic carbocycles. The summed E-state index contributed by atoms with van der Waals surface area (Å²) in [6, 6.07) is 5.73. The summed E-state index contributed by atoms with van der Waals surface area (Å²) in [6.45, 7) is 3.05. The molecule has 3 nitrogen and oxygen atoms in total. The van der Waals surface area contributed by atoms with Crippen molar-refractivity contribution in [1.82, 2.24) is 5.32 Å². The van der Waals surface area contributed by atoms with Gasteiger partial charge in [-0.05, 0) is 37.8 Å². The molecule has 1 fully saturated rings. The van der Waals surface area contributed by atoms with Crippen LogP contribution in [0.5, 0.6) is 0 Å². The Labute approximate surface area is 114 Å². The third-order valence-corrected chi connectivity index (χ3v) is 3.52. The molecule has 0 bridgehead atoms. The molecule has 0 heterocycles. The maximum atomic E-state index is 12.2. The average Bonchev–Trinajstić information content (AvgIpc) is 2.35. The lowest BCUT2D eigenvalue weighted by atomic mass is 9.85. The van der Waals surface area contributed by atoms with Gasteiger partial charge in [-0.1, -0.05) is 29.9 Å². The molecule has 0 aliphatic heterocycles. The Kier molecular flexibility index (Phi) is 4.59. The van der Waals surface area contributed by atoms with Crippen LogP contribution in [-0.2, 0) is 0 Å². The zero-order valence-corrected chi connectivity index (χ0v) is 11.3. The summed E-state index contributed by atoms with van der Waals surface area (Å²) in [7, 11) is 0. The van der Waals surface area contributed by atoms with Crippen LogP contribution in [0.2, 0.25) is 0 Å². The van der Waals surface area contributed by atoms with Gasteiger partial charge in [0.25, 0.3) is 5.91 Å². The molecule has 1 aromatic rings. The number of rotatable bonds is 3. The van der Waals surface area contributed by atoms with Crippen LogP contribution >= 0.6 is 0 Å². The lowest BCUT2D eigenvalue weighted by Crippen LogP contribution is -2.32. The summed E-state index contributed by atoms with van der Waals surface area (Å²) in [6.07, 6.45) is 3.75. The van der Waals surface area contributed by atoms with E-state index in [0.717, 1.165) is 17.7 Å². The van der Waals surface area contributed by atoms with Crippen molar-refractivity contribution in [3.63, 3.8) is 0 Å². The van der Waals surface area contributed by atoms with Gasteiger partial charge in [0, 0.05) is 12.1 Å². The minimum absolute atomic E-state index is 0.0306. The van der Waals surface area contributed by atoms with Crippen LogP contribution in [0, 0.1) is 24.7 Å². The molecule has 3 heteroatoms. The Bertz CT molecular complexity index is 521. The predicted molar refractivity (Wildman–Crippen MR) is 76.8 cm³/mol. The minimum atomic E-state index is -0.0306. The molecule has 1 aromatic carbocycles. The Hall–Kier alpha value is -1.79. The third kappa shape index (κ3) is 3.59. The summed E-state index contributed by atoms with van der Waals surface area (Å²) in [4.78, 5) is 12.2. The van der Waals surface area contributed by atoms with Crippen LogP contribution in [-0.4, -0.2) is 19.0 Å². The van der Waals surface area contributed by atoms with Crippen LogP contribution in [0.4, 0.5) is 0 Å². The quantitative estimate of drug-likeness (QED) is 0.811. The van der Waals surface area contributed by atoms with E-state index in [1.54, 1.807) is 0 Å². The SMILES string of the molecule is Cc1ccc(C#CCN)c(C(=O)NCC2CCC2)c1. The second kappa shape index (κ2) is 6.40. The number of hydrogen-bond acceptors (Lipinski definition) is 2. The fourth-order valence-corrected chi connectivity index (χ4v) is 2.13. The van der Waals surface area contributed by atoms with Crippen LogP contribution in [0.15, 0.2) is 18.2 Å². The molecule has 0 atom stereocenters. The molecule has 1 saturated carbocycles. The maximum absolute atomic E-state index is 12.2. The van der Waals surface area contributed by atoms with Gasteiger partial charge >= 0.3 is 0 Å². The minimum Gasteiger partial charge on any atom is -0.352 e. The first kappa shape index (κ1) is 13.6. The molecule has 1 aliphatic rings. The molecule has 0 saturated heterocycles. The number of benzene rings is 1. The van der Waals surface area contributed by atoms with Gasteiger partial charge in [0.1, 0.15) is 0 Å². The number of nitrogens with one attached hydrogen (secondary N) is 1. The monoisotopic (exact) mass is 256 g/mol. The first-order chi connectivity index (χ1) is 9.20. The Morgan fingerprint density at radius 3 is 2.89 bits per heavy atom. The summed E-state index contributed by atoms with van der Waals surface area (Å²) < 4.78 is 0. The zero-order chi connectivity index (χ0) is 13.7. The Morgan fingerprint density at radius 1 is 1.47 bits per heavy atom. The molecule has 0 aromatic heterocycles. The van der Waals surface area contributed by atoms with E-state index in [4.69, 9.17) is 5.73 Å². The van der Waals surface area contributed by atoms with Crippen molar-refractivity contribution in [3.05, 3.63) is 34.9 Å². The number of carbonyl (C=O) groups excluding carboxylic acids is 1. The fraction of sp³-hybridized carbons (Fsp3) is 0.438. The van der Waals surface area contributed by atoms with Gasteiger partial charge < -0.3 is 11.1 Å². The molecule has 0 spiro atoms. The van der Waals surface area contributed by atoms with E-state index in [1.807, 2.05) is 25.1 Å². The van der Waals surface area contributed by atoms with Crippen molar-refractivity contribution < 1.29 is 4.79 Å². The smallest absolute Gasteiger partial charge is 0.252 e. The maximum Gasteiger partial charge on any atom is 0.252 e. The van der Waals surface area contributed by atoms with Crippen LogP contribution in [0.3, 0.4) is 0 Å². The van der Waals surface area contributed by atoms with Crippen molar-refractivity contribution in [3.8, 4) is 11.8 Å². The van der Waals surface area contributed by atoms with E-state index in [2.05, 4.69) is 17.2 Å². The second-order valence-corrected chi connectivity index (χ2v) is 5.06. The van der Waals surface area contributed by atoms with Crippen LogP contribution in [0.25, 0.3) is 0 Å². The lowest BCUT2D eigenvalue weighted by Gasteiger charge is -2.25. The van der Waals surface area contributed by atoms with Crippen LogP contribution in [0.1, 0.15) is 40.7 Å². The van der Waals surface area contributed by atoms with E-state index in [0.29, 0.717) is 18.0 Å². The van der Waals surface area contributed by atoms with Crippen LogP contribution < -0.4 is 11.1 Å². The zero-order valence-electron chi connectivity index (χ0n) is 11.3. The summed E-state index contributed by atoms with van der Waals surface area (Å²) in [5.41, 5.74) is 7.85. The summed E-state index contributed by atoms with van der Waals surface area (Å²) in [5.74, 6) is 6.39. The van der Waals surface area contributed by atoms with E-state index in [9.17, 15) is 4.79 Å². The topological polar surface area (TPSA) is 55.1 Å². The molecule has 0 radical (unpaired) electrons. The van der Waals surface area contributed by atoms with Crippen molar-refractivity contribution in [1.29, 1.82) is 0 Å². The van der Waals surface area contributed by atoms with Gasteiger partial charge in [-0.25, -0.2) is 0 Å². The van der Waals surface area contributed by atoms with E-state index in [-0.39, 0.29) is 5.91 Å². The van der Waals surface area contributed by atoms with E-state index < -0.39 is 0 Å². The normalized spacial score (nSPS) is 14.2. The molecule has 1 amide bonds. The van der Waals surface area contributed by atoms with Gasteiger partial charge in [-0.15, -0.1) is 0 Å². The number of aryl methyl sites for hydroxylation is 1. The molecule has 3 N–H and O–H groups in total. The third-order valence-electron chi connectivity index (χ3n) is 3.52. The standard InChI is InChI=1S/C16H20N2O/c1-12-7-8-14(6-3-9-17)15(10-12)16(19)18-11-13-4-2-5-13/h7-8,10,13H,2,4-5,9,11,17H2,1H3,(H,18,19). The van der Waals surface area contributed by atoms with Crippen molar-refractivity contribution >= 4 is 5.91 Å². The van der Waals surface area contributed by atoms with Gasteiger partial charge in [0.2, 0.25) is 0 Å². The highest BCUT2D eigenvalue weighted by Crippen LogP contribution is 2.25. The van der Waals surface area contributed by atoms with Gasteiger partial charge in [0.15, 0.2) is 0 Å². The van der Waals surface area contributed by atoms with Gasteiger partial charge in [-0.3, -0.25) is 4.79 Å². The predicted octanol–water partition coefficient (Wildman–Crippen LogP) is 1.84. The number of hydrogen-bond donors (Lipinski definition) is 2. The number of amides is 1. The van der Waals surface area contributed by atoms with E-state index in [1.165, 1.54) is 19.3 Å². The Balaban J connectivity index is 2.11. The van der Waals surface area contributed by atoms with Crippen molar-refractivity contribution in [2.45, 2.75) is 26.2 Å². The summed E-state index contributed by atoms with van der Waals surface area (Å²) in [5, 5.41) is 3.01. The molecular formula is C16H20N2O. The molecule has 19 heavy (non-hydrogen) atoms. The van der Waals surface area contributed by atoms with Gasteiger partial charge in [0.05, 0.1) is 12.1 Å². The second-order valence-electron chi connectivity index (χ2n) is 5.06. The highest BCUT2D eigenvalue weighted by atomic mass is 16.1. The highest BCUT2D eigenvalue weighted by molar-refractivity contribution is 5.97. The van der Waals surface area contributed by atoms with E-state index >= 15 is 0 Å². The molecule has 100 valence electrons. The largest absolute Gasteiger partial charge is 0.352 e. The average molecular weight is 256 g/mol. The number of nitrogens with two attached hydrogens (primary N) is 1. The van der Waals surface area contributed by atoms with Gasteiger partial charge in [-0.2, -0.15) is 0 Å². The highest BCUT2D eigenvalue weighted by Gasteiger charge is 2.19. The summed E-state index contributed by atoms with van der Waals surface area (Å²) >= 11 is 0. The Morgan fingerprint density at radius 2 is 2.26 bits per heavy atom. The van der Waals surface area contributed by atoms with Crippen molar-refractivity contribution in [2.75, 3.05) is 13.1 Å². The molecular weight excluding hydrogens is 236 g/mol. The first-order valence-corrected chi connectivity index (χ1v) is 6.78. The lowest BCUT2D eigenvalue weighted by molar-refractivity contribution is 0.0939. The molecule has 0 unspecified atom stereocenters. The first-order valence-electron chi connectivity index (χ1n) is 6.78. The molecule has 2 rings (SSSR count). The number of carbonyl (C=O) groups is 1. The fourth-order valence-electron chi connectivity index (χ4n) is 2.13.